The molecule has 4 rings (SSSR count). The molecule has 2 amide bonds. The molecule has 162 valence electrons. The van der Waals surface area contributed by atoms with Crippen LogP contribution in [0.2, 0.25) is 0 Å². The van der Waals surface area contributed by atoms with Crippen LogP contribution in [-0.4, -0.2) is 47.2 Å². The van der Waals surface area contributed by atoms with Crippen molar-refractivity contribution in [1.29, 1.82) is 0 Å². The lowest BCUT2D eigenvalue weighted by molar-refractivity contribution is -0.125. The summed E-state index contributed by atoms with van der Waals surface area (Å²) in [4.78, 5) is 33.7. The summed E-state index contributed by atoms with van der Waals surface area (Å²) < 4.78 is 1.24. The highest BCUT2D eigenvalue weighted by Crippen LogP contribution is 2.31. The fraction of sp³-hybridized carbons (Fsp3) is 0.261. The van der Waals surface area contributed by atoms with Crippen molar-refractivity contribution in [3.05, 3.63) is 64.2 Å². The van der Waals surface area contributed by atoms with Gasteiger partial charge in [-0.2, -0.15) is 0 Å². The Morgan fingerprint density at radius 3 is 2.87 bits per heavy atom. The summed E-state index contributed by atoms with van der Waals surface area (Å²) in [5.41, 5.74) is 3.01. The van der Waals surface area contributed by atoms with Crippen molar-refractivity contribution < 1.29 is 9.59 Å². The zero-order chi connectivity index (χ0) is 21.3. The number of aryl methyl sites for hydroxylation is 1. The lowest BCUT2D eigenvalue weighted by Crippen LogP contribution is -2.26. The molecule has 8 heteroatoms. The third kappa shape index (κ3) is 5.12. The first-order valence-corrected chi connectivity index (χ1v) is 10.6. The number of hydrogen-bond donors (Lipinski definition) is 1. The number of amides is 2. The summed E-state index contributed by atoms with van der Waals surface area (Å²) >= 11 is 1.73. The first kappa shape index (κ1) is 22.9. The molecule has 3 aromatic rings. The second-order valence-electron chi connectivity index (χ2n) is 7.67. The molecule has 31 heavy (non-hydrogen) atoms. The summed E-state index contributed by atoms with van der Waals surface area (Å²) in [6.45, 7) is 3.65. The van der Waals surface area contributed by atoms with Crippen molar-refractivity contribution in [2.45, 2.75) is 20.0 Å². The molecule has 3 heterocycles. The summed E-state index contributed by atoms with van der Waals surface area (Å²) in [7, 11) is 3.71. The average molecular weight is 457 g/mol. The van der Waals surface area contributed by atoms with Gasteiger partial charge in [0, 0.05) is 41.0 Å². The third-order valence-corrected chi connectivity index (χ3v) is 6.47. The topological polar surface area (TPSA) is 65.5 Å². The minimum absolute atomic E-state index is 0. The fourth-order valence-electron chi connectivity index (χ4n) is 3.58. The van der Waals surface area contributed by atoms with E-state index in [0.29, 0.717) is 25.5 Å². The molecule has 1 aliphatic heterocycles. The number of likely N-dealkylation sites (N-methyl/N-ethyl adjacent to an activating group) is 2. The van der Waals surface area contributed by atoms with Crippen molar-refractivity contribution in [3.63, 3.8) is 0 Å². The van der Waals surface area contributed by atoms with E-state index in [2.05, 4.69) is 29.4 Å². The molecule has 6 nitrogen and oxygen atoms in total. The Balaban J connectivity index is 0.00000272. The van der Waals surface area contributed by atoms with Gasteiger partial charge in [0.15, 0.2) is 0 Å². The monoisotopic (exact) mass is 456 g/mol. The molecule has 0 saturated carbocycles. The molecule has 0 atom stereocenters. The summed E-state index contributed by atoms with van der Waals surface area (Å²) in [5.74, 6) is 0.456. The number of fused-ring (bicyclic) bond motifs is 2. The molecule has 0 aliphatic carbocycles. The van der Waals surface area contributed by atoms with Crippen molar-refractivity contribution in [2.75, 3.05) is 26.0 Å². The van der Waals surface area contributed by atoms with E-state index in [0.717, 1.165) is 11.1 Å². The molecular formula is C23H25ClN4O2S. The van der Waals surface area contributed by atoms with Gasteiger partial charge in [0.1, 0.15) is 5.82 Å². The second-order valence-corrected chi connectivity index (χ2v) is 8.81. The Bertz CT molecular complexity index is 1160. The van der Waals surface area contributed by atoms with Gasteiger partial charge in [-0.1, -0.05) is 18.2 Å². The highest BCUT2D eigenvalue weighted by molar-refractivity contribution is 7.19. The van der Waals surface area contributed by atoms with Crippen LogP contribution in [0, 0.1) is 6.92 Å². The van der Waals surface area contributed by atoms with Crippen LogP contribution < -0.4 is 5.32 Å². The molecule has 0 spiro atoms. The smallest absolute Gasteiger partial charge is 0.246 e. The molecule has 0 unspecified atom stereocenters. The van der Waals surface area contributed by atoms with Crippen molar-refractivity contribution in [2.24, 2.45) is 0 Å². The molecule has 0 saturated heterocycles. The highest BCUT2D eigenvalue weighted by Gasteiger charge is 2.17. The van der Waals surface area contributed by atoms with Gasteiger partial charge >= 0.3 is 0 Å². The Morgan fingerprint density at radius 2 is 2.10 bits per heavy atom. The van der Waals surface area contributed by atoms with E-state index in [1.807, 2.05) is 37.2 Å². The SMILES string of the molecule is Cc1c(CN(C)C(=O)C=Cc2cnc3c(c2)CN(C)CC(=O)N3)sc2ccccc12.Cl. The normalized spacial score (nSPS) is 14.1. The maximum absolute atomic E-state index is 12.6. The molecule has 0 fully saturated rings. The highest BCUT2D eigenvalue weighted by atomic mass is 35.5. The minimum atomic E-state index is -0.0691. The second kappa shape index (κ2) is 9.60. The standard InChI is InChI=1S/C23H24N4O2S.ClH/c1-15-18-6-4-5-7-19(18)30-20(15)13-27(3)22(29)9-8-16-10-17-12-26(2)14-21(28)25-23(17)24-11-16;/h4-11H,12-14H2,1-3H3,(H,24,25,28);1H. The maximum Gasteiger partial charge on any atom is 0.246 e. The summed E-state index contributed by atoms with van der Waals surface area (Å²) in [6, 6.07) is 10.3. The molecule has 0 bridgehead atoms. The Hall–Kier alpha value is -2.74. The number of anilines is 1. The molecule has 2 aromatic heterocycles. The molecule has 1 aromatic carbocycles. The Morgan fingerprint density at radius 1 is 1.32 bits per heavy atom. The van der Waals surface area contributed by atoms with E-state index >= 15 is 0 Å². The molecular weight excluding hydrogens is 432 g/mol. The van der Waals surface area contributed by atoms with Gasteiger partial charge in [-0.25, -0.2) is 4.98 Å². The quantitative estimate of drug-likeness (QED) is 0.601. The van der Waals surface area contributed by atoms with Gasteiger partial charge in [-0.15, -0.1) is 23.7 Å². The minimum Gasteiger partial charge on any atom is -0.337 e. The van der Waals surface area contributed by atoms with Gasteiger partial charge < -0.3 is 10.2 Å². The molecule has 1 N–H and O–H groups in total. The zero-order valence-electron chi connectivity index (χ0n) is 17.7. The fourth-order valence-corrected chi connectivity index (χ4v) is 4.84. The van der Waals surface area contributed by atoms with E-state index < -0.39 is 0 Å². The summed E-state index contributed by atoms with van der Waals surface area (Å²) in [5, 5.41) is 4.07. The number of thiophene rings is 1. The Kier molecular flexibility index (Phi) is 7.10. The number of carbonyl (C=O) groups excluding carboxylic acids is 2. The van der Waals surface area contributed by atoms with Crippen molar-refractivity contribution >= 4 is 57.5 Å². The lowest BCUT2D eigenvalue weighted by atomic mass is 10.1. The average Bonchev–Trinajstić information content (AvgIpc) is 2.94. The van der Waals surface area contributed by atoms with Crippen LogP contribution in [0.4, 0.5) is 5.82 Å². The van der Waals surface area contributed by atoms with Crippen molar-refractivity contribution in [3.8, 4) is 0 Å². The number of carbonyl (C=O) groups is 2. The predicted molar refractivity (Wildman–Crippen MR) is 129 cm³/mol. The summed E-state index contributed by atoms with van der Waals surface area (Å²) in [6.07, 6.45) is 5.02. The van der Waals surface area contributed by atoms with E-state index in [1.54, 1.807) is 34.6 Å². The number of aromatic nitrogens is 1. The van der Waals surface area contributed by atoms with E-state index in [9.17, 15) is 9.59 Å². The number of pyridine rings is 1. The number of halogens is 1. The first-order chi connectivity index (χ1) is 14.4. The largest absolute Gasteiger partial charge is 0.337 e. The van der Waals surface area contributed by atoms with Crippen molar-refractivity contribution in [1.82, 2.24) is 14.8 Å². The van der Waals surface area contributed by atoms with E-state index in [-0.39, 0.29) is 24.2 Å². The van der Waals surface area contributed by atoms with E-state index in [1.165, 1.54) is 20.5 Å². The number of rotatable bonds is 4. The van der Waals surface area contributed by atoms with Crippen LogP contribution in [0.25, 0.3) is 16.2 Å². The van der Waals surface area contributed by atoms with Gasteiger partial charge in [-0.3, -0.25) is 14.5 Å². The lowest BCUT2D eigenvalue weighted by Gasteiger charge is -2.14. The van der Waals surface area contributed by atoms with Crippen LogP contribution in [0.3, 0.4) is 0 Å². The number of nitrogens with one attached hydrogen (secondary N) is 1. The number of hydrogen-bond acceptors (Lipinski definition) is 5. The Labute approximate surface area is 192 Å². The van der Waals surface area contributed by atoms with Crippen LogP contribution in [0.5, 0.6) is 0 Å². The first-order valence-electron chi connectivity index (χ1n) is 9.78. The predicted octanol–water partition coefficient (Wildman–Crippen LogP) is 4.08. The van der Waals surface area contributed by atoms with Gasteiger partial charge in [0.25, 0.3) is 0 Å². The van der Waals surface area contributed by atoms with Crippen LogP contribution in [0.1, 0.15) is 21.6 Å². The van der Waals surface area contributed by atoms with E-state index in [4.69, 9.17) is 0 Å². The van der Waals surface area contributed by atoms with Gasteiger partial charge in [0.2, 0.25) is 11.8 Å². The third-order valence-electron chi connectivity index (χ3n) is 5.22. The van der Waals surface area contributed by atoms with Crippen LogP contribution >= 0.6 is 23.7 Å². The molecule has 1 aliphatic rings. The number of benzene rings is 1. The van der Waals surface area contributed by atoms with Crippen LogP contribution in [0.15, 0.2) is 42.6 Å². The maximum atomic E-state index is 12.6. The zero-order valence-corrected chi connectivity index (χ0v) is 19.3. The molecule has 0 radical (unpaired) electrons. The number of nitrogens with zero attached hydrogens (tertiary/aromatic N) is 3. The van der Waals surface area contributed by atoms with Crippen LogP contribution in [-0.2, 0) is 22.7 Å². The van der Waals surface area contributed by atoms with Gasteiger partial charge in [-0.05, 0) is 48.7 Å². The van der Waals surface area contributed by atoms with Gasteiger partial charge in [0.05, 0.1) is 13.1 Å².